The van der Waals surface area contributed by atoms with Gasteiger partial charge in [0.25, 0.3) is 10.0 Å². The average Bonchev–Trinajstić information content (AvgIpc) is 3.07. The molecule has 3 aromatic rings. The summed E-state index contributed by atoms with van der Waals surface area (Å²) in [4.78, 5) is 6.95. The summed E-state index contributed by atoms with van der Waals surface area (Å²) < 4.78 is 27.2. The third kappa shape index (κ3) is 2.79. The molecule has 7 heteroatoms. The summed E-state index contributed by atoms with van der Waals surface area (Å²) in [6.07, 6.45) is 1.40. The van der Waals surface area contributed by atoms with Crippen molar-refractivity contribution in [3.05, 3.63) is 54.9 Å². The number of benzene rings is 2. The molecule has 1 atom stereocenters. The lowest BCUT2D eigenvalue weighted by Crippen LogP contribution is -2.49. The fourth-order valence-corrected chi connectivity index (χ4v) is 4.61. The van der Waals surface area contributed by atoms with Crippen molar-refractivity contribution < 1.29 is 8.42 Å². The van der Waals surface area contributed by atoms with Gasteiger partial charge >= 0.3 is 0 Å². The minimum Gasteiger partial charge on any atom is -0.367 e. The molecule has 1 unspecified atom stereocenters. The molecule has 2 heterocycles. The van der Waals surface area contributed by atoms with Gasteiger partial charge in [-0.2, -0.15) is 0 Å². The number of hydrogen-bond donors (Lipinski definition) is 1. The van der Waals surface area contributed by atoms with Crippen molar-refractivity contribution in [2.45, 2.75) is 17.9 Å². The highest BCUT2D eigenvalue weighted by atomic mass is 32.2. The molecular formula is C18H20N4O2S. The predicted molar refractivity (Wildman–Crippen MR) is 98.4 cm³/mol. The van der Waals surface area contributed by atoms with Crippen LogP contribution in [0, 0.1) is 0 Å². The molecule has 0 bridgehead atoms. The minimum absolute atomic E-state index is 0.260. The second-order valence-electron chi connectivity index (χ2n) is 6.30. The number of nitrogens with one attached hydrogen (secondary N) is 1. The Hall–Kier alpha value is -2.38. The predicted octanol–water partition coefficient (Wildman–Crippen LogP) is 2.07. The molecular weight excluding hydrogens is 336 g/mol. The first-order chi connectivity index (χ1) is 12.1. The number of nitrogens with zero attached hydrogens (tertiary/aromatic N) is 3. The number of rotatable bonds is 3. The quantitative estimate of drug-likeness (QED) is 0.778. The molecule has 25 heavy (non-hydrogen) atoms. The Morgan fingerprint density at radius 2 is 1.92 bits per heavy atom. The molecule has 1 fully saturated rings. The lowest BCUT2D eigenvalue weighted by atomic mass is 10.2. The molecule has 0 amide bonds. The van der Waals surface area contributed by atoms with E-state index in [2.05, 4.69) is 22.1 Å². The van der Waals surface area contributed by atoms with Crippen LogP contribution in [-0.4, -0.2) is 43.1 Å². The van der Waals surface area contributed by atoms with Gasteiger partial charge in [-0.1, -0.05) is 24.3 Å². The molecule has 1 aliphatic rings. The number of fused-ring (bicyclic) bond motifs is 1. The Morgan fingerprint density at radius 1 is 1.12 bits per heavy atom. The first kappa shape index (κ1) is 16.1. The molecule has 130 valence electrons. The van der Waals surface area contributed by atoms with Crippen molar-refractivity contribution in [3.8, 4) is 0 Å². The highest BCUT2D eigenvalue weighted by Gasteiger charge is 2.23. The fourth-order valence-electron chi connectivity index (χ4n) is 3.31. The van der Waals surface area contributed by atoms with Gasteiger partial charge < -0.3 is 10.2 Å². The van der Waals surface area contributed by atoms with Crippen LogP contribution in [-0.2, 0) is 10.0 Å². The van der Waals surface area contributed by atoms with Crippen molar-refractivity contribution in [3.63, 3.8) is 0 Å². The second-order valence-corrected chi connectivity index (χ2v) is 8.12. The van der Waals surface area contributed by atoms with Crippen molar-refractivity contribution in [2.24, 2.45) is 0 Å². The Bertz CT molecular complexity index is 998. The van der Waals surface area contributed by atoms with Crippen LogP contribution in [0.15, 0.2) is 59.8 Å². The molecule has 1 aromatic heterocycles. The van der Waals surface area contributed by atoms with Crippen LogP contribution in [0.3, 0.4) is 0 Å². The van der Waals surface area contributed by atoms with E-state index in [1.807, 2.05) is 12.1 Å². The highest BCUT2D eigenvalue weighted by molar-refractivity contribution is 7.90. The summed E-state index contributed by atoms with van der Waals surface area (Å²) in [6.45, 7) is 4.80. The van der Waals surface area contributed by atoms with Crippen LogP contribution in [0.2, 0.25) is 0 Å². The molecule has 0 spiro atoms. The van der Waals surface area contributed by atoms with Crippen molar-refractivity contribution >= 4 is 26.7 Å². The van der Waals surface area contributed by atoms with Crippen LogP contribution in [0.5, 0.6) is 0 Å². The van der Waals surface area contributed by atoms with E-state index < -0.39 is 10.0 Å². The van der Waals surface area contributed by atoms with Gasteiger partial charge in [0, 0.05) is 25.7 Å². The zero-order valence-corrected chi connectivity index (χ0v) is 14.8. The van der Waals surface area contributed by atoms with E-state index >= 15 is 0 Å². The van der Waals surface area contributed by atoms with E-state index in [9.17, 15) is 8.42 Å². The van der Waals surface area contributed by atoms with Crippen molar-refractivity contribution in [1.29, 1.82) is 0 Å². The van der Waals surface area contributed by atoms with E-state index in [0.29, 0.717) is 11.6 Å². The number of imidazole rings is 1. The van der Waals surface area contributed by atoms with Gasteiger partial charge in [0.05, 0.1) is 16.1 Å². The van der Waals surface area contributed by atoms with Gasteiger partial charge in [0.2, 0.25) is 0 Å². The molecule has 1 N–H and O–H groups in total. The SMILES string of the molecule is CC1CN(c2cccc3c2ncn3S(=O)(=O)c2ccccc2)CCN1. The standard InChI is InChI=1S/C18H20N4O2S/c1-14-12-21(11-10-19-14)16-8-5-9-17-18(16)20-13-22(17)25(23,24)15-6-3-2-4-7-15/h2-9,13-14,19H,10-12H2,1H3. The third-order valence-corrected chi connectivity index (χ3v) is 6.21. The van der Waals surface area contributed by atoms with Gasteiger partial charge in [-0.25, -0.2) is 17.4 Å². The van der Waals surface area contributed by atoms with Crippen LogP contribution in [0.25, 0.3) is 11.0 Å². The monoisotopic (exact) mass is 356 g/mol. The van der Waals surface area contributed by atoms with Crippen LogP contribution < -0.4 is 10.2 Å². The lowest BCUT2D eigenvalue weighted by molar-refractivity contribution is 0.485. The number of aromatic nitrogens is 2. The number of hydrogen-bond acceptors (Lipinski definition) is 5. The fraction of sp³-hybridized carbons (Fsp3) is 0.278. The number of anilines is 1. The van der Waals surface area contributed by atoms with E-state index in [1.165, 1.54) is 10.3 Å². The van der Waals surface area contributed by atoms with Crippen LogP contribution in [0.1, 0.15) is 6.92 Å². The second kappa shape index (κ2) is 6.16. The van der Waals surface area contributed by atoms with Crippen molar-refractivity contribution in [1.82, 2.24) is 14.3 Å². The van der Waals surface area contributed by atoms with Gasteiger partial charge in [-0.15, -0.1) is 0 Å². The molecule has 2 aromatic carbocycles. The normalized spacial score (nSPS) is 18.6. The third-order valence-electron chi connectivity index (χ3n) is 4.53. The summed E-state index contributed by atoms with van der Waals surface area (Å²) >= 11 is 0. The smallest absolute Gasteiger partial charge is 0.269 e. The Labute approximate surface area is 147 Å². The Kier molecular flexibility index (Phi) is 3.97. The minimum atomic E-state index is -3.66. The number of piperazine rings is 1. The largest absolute Gasteiger partial charge is 0.367 e. The number of para-hydroxylation sites is 1. The van der Waals surface area contributed by atoms with Gasteiger partial charge in [0.1, 0.15) is 11.8 Å². The first-order valence-electron chi connectivity index (χ1n) is 8.32. The van der Waals surface area contributed by atoms with E-state index in [1.54, 1.807) is 36.4 Å². The molecule has 1 aliphatic heterocycles. The van der Waals surface area contributed by atoms with Gasteiger partial charge in [-0.3, -0.25) is 0 Å². The van der Waals surface area contributed by atoms with E-state index in [4.69, 9.17) is 0 Å². The van der Waals surface area contributed by atoms with Gasteiger partial charge in [-0.05, 0) is 31.2 Å². The maximum absolute atomic E-state index is 12.9. The maximum Gasteiger partial charge on any atom is 0.269 e. The van der Waals surface area contributed by atoms with Gasteiger partial charge in [0.15, 0.2) is 0 Å². The molecule has 1 saturated heterocycles. The first-order valence-corrected chi connectivity index (χ1v) is 9.76. The summed E-state index contributed by atoms with van der Waals surface area (Å²) in [6, 6.07) is 14.5. The molecule has 4 rings (SSSR count). The van der Waals surface area contributed by atoms with Crippen LogP contribution in [0.4, 0.5) is 5.69 Å². The summed E-state index contributed by atoms with van der Waals surface area (Å²) in [5, 5.41) is 3.42. The van der Waals surface area contributed by atoms with Crippen LogP contribution >= 0.6 is 0 Å². The van der Waals surface area contributed by atoms with E-state index in [-0.39, 0.29) is 4.90 Å². The Balaban J connectivity index is 1.82. The zero-order valence-electron chi connectivity index (χ0n) is 14.0. The molecule has 0 radical (unpaired) electrons. The molecule has 6 nitrogen and oxygen atoms in total. The lowest BCUT2D eigenvalue weighted by Gasteiger charge is -2.33. The Morgan fingerprint density at radius 3 is 2.68 bits per heavy atom. The maximum atomic E-state index is 12.9. The summed E-state index contributed by atoms with van der Waals surface area (Å²) in [5.41, 5.74) is 2.30. The molecule has 0 aliphatic carbocycles. The zero-order chi connectivity index (χ0) is 17.4. The highest BCUT2D eigenvalue weighted by Crippen LogP contribution is 2.28. The summed E-state index contributed by atoms with van der Waals surface area (Å²) in [5.74, 6) is 0. The average molecular weight is 356 g/mol. The summed E-state index contributed by atoms with van der Waals surface area (Å²) in [7, 11) is -3.66. The van der Waals surface area contributed by atoms with E-state index in [0.717, 1.165) is 30.8 Å². The topological polar surface area (TPSA) is 67.2 Å². The van der Waals surface area contributed by atoms with Crippen molar-refractivity contribution in [2.75, 3.05) is 24.5 Å². The molecule has 0 saturated carbocycles.